The van der Waals surface area contributed by atoms with Crippen LogP contribution in [-0.2, 0) is 0 Å². The van der Waals surface area contributed by atoms with Crippen molar-refractivity contribution in [3.63, 3.8) is 0 Å². The van der Waals surface area contributed by atoms with Gasteiger partial charge in [-0.1, -0.05) is 40.5 Å². The van der Waals surface area contributed by atoms with Gasteiger partial charge in [0.2, 0.25) is 0 Å². The Balaban J connectivity index is 1.68. The van der Waals surface area contributed by atoms with Crippen molar-refractivity contribution in [2.45, 2.75) is 31.7 Å². The molecule has 0 aliphatic heterocycles. The van der Waals surface area contributed by atoms with E-state index in [4.69, 9.17) is 5.73 Å². The number of rotatable bonds is 5. The molecule has 4 atom stereocenters. The predicted octanol–water partition coefficient (Wildman–Crippen LogP) is 3.82. The van der Waals surface area contributed by atoms with Gasteiger partial charge in [-0.15, -0.1) is 0 Å². The molecule has 2 fully saturated rings. The normalized spacial score (nSPS) is 30.1. The second-order valence-electron chi connectivity index (χ2n) is 6.65. The molecule has 2 N–H and O–H groups in total. The highest BCUT2D eigenvalue weighted by molar-refractivity contribution is 9.10. The van der Waals surface area contributed by atoms with Gasteiger partial charge < -0.3 is 5.73 Å². The Morgan fingerprint density at radius 3 is 2.70 bits per heavy atom. The van der Waals surface area contributed by atoms with Crippen LogP contribution in [0.25, 0.3) is 0 Å². The van der Waals surface area contributed by atoms with E-state index in [1.54, 1.807) is 0 Å². The zero-order valence-corrected chi connectivity index (χ0v) is 13.8. The lowest BCUT2D eigenvalue weighted by atomic mass is 9.88. The molecule has 0 heterocycles. The molecule has 110 valence electrons. The fourth-order valence-corrected chi connectivity index (χ4v) is 4.94. The van der Waals surface area contributed by atoms with E-state index in [1.807, 2.05) is 0 Å². The summed E-state index contributed by atoms with van der Waals surface area (Å²) in [6.07, 6.45) is 5.88. The first-order chi connectivity index (χ1) is 9.69. The van der Waals surface area contributed by atoms with Gasteiger partial charge in [0, 0.05) is 23.6 Å². The Bertz CT molecular complexity index is 462. The van der Waals surface area contributed by atoms with E-state index in [1.165, 1.54) is 42.3 Å². The molecule has 2 saturated carbocycles. The number of fused-ring (bicyclic) bond motifs is 2. The first kappa shape index (κ1) is 14.6. The van der Waals surface area contributed by atoms with Crippen LogP contribution >= 0.6 is 15.9 Å². The van der Waals surface area contributed by atoms with Crippen LogP contribution in [-0.4, -0.2) is 25.0 Å². The van der Waals surface area contributed by atoms with E-state index < -0.39 is 0 Å². The standard InChI is InChI=1S/C17H25BrN2/c1-20(11-14-9-12-6-7-13(14)8-12)17(10-19)15-4-2-3-5-16(15)18/h2-5,12-14,17H,6-11,19H2,1H3. The number of hydrogen-bond donors (Lipinski definition) is 1. The second kappa shape index (κ2) is 6.17. The monoisotopic (exact) mass is 336 g/mol. The largest absolute Gasteiger partial charge is 0.329 e. The summed E-state index contributed by atoms with van der Waals surface area (Å²) < 4.78 is 1.18. The van der Waals surface area contributed by atoms with Crippen molar-refractivity contribution in [2.75, 3.05) is 20.1 Å². The number of likely N-dealkylation sites (N-methyl/N-ethyl adjacent to an activating group) is 1. The topological polar surface area (TPSA) is 29.3 Å². The first-order valence-electron chi connectivity index (χ1n) is 7.83. The van der Waals surface area contributed by atoms with Crippen LogP contribution < -0.4 is 5.73 Å². The van der Waals surface area contributed by atoms with Crippen LogP contribution in [0.2, 0.25) is 0 Å². The molecular formula is C17H25BrN2. The van der Waals surface area contributed by atoms with E-state index in [-0.39, 0.29) is 0 Å². The molecule has 2 nitrogen and oxygen atoms in total. The molecule has 3 rings (SSSR count). The molecule has 20 heavy (non-hydrogen) atoms. The number of nitrogens with two attached hydrogens (primary N) is 1. The van der Waals surface area contributed by atoms with Gasteiger partial charge in [0.1, 0.15) is 0 Å². The van der Waals surface area contributed by atoms with E-state index in [2.05, 4.69) is 52.1 Å². The molecule has 3 heteroatoms. The minimum absolute atomic E-state index is 0.324. The molecule has 0 amide bonds. The molecule has 4 unspecified atom stereocenters. The average molecular weight is 337 g/mol. The van der Waals surface area contributed by atoms with Crippen LogP contribution in [0.15, 0.2) is 28.7 Å². The van der Waals surface area contributed by atoms with Crippen molar-refractivity contribution in [2.24, 2.45) is 23.5 Å². The summed E-state index contributed by atoms with van der Waals surface area (Å²) in [5, 5.41) is 0. The Hall–Kier alpha value is -0.380. The minimum atomic E-state index is 0.324. The molecule has 0 saturated heterocycles. The third-order valence-corrected chi connectivity index (χ3v) is 6.15. The van der Waals surface area contributed by atoms with Gasteiger partial charge >= 0.3 is 0 Å². The Labute approximate surface area is 130 Å². The zero-order chi connectivity index (χ0) is 14.1. The van der Waals surface area contributed by atoms with Crippen molar-refractivity contribution < 1.29 is 0 Å². The van der Waals surface area contributed by atoms with E-state index in [9.17, 15) is 0 Å². The Morgan fingerprint density at radius 1 is 1.30 bits per heavy atom. The number of nitrogens with zero attached hydrogens (tertiary/aromatic N) is 1. The molecule has 1 aromatic carbocycles. The molecule has 0 spiro atoms. The second-order valence-corrected chi connectivity index (χ2v) is 7.50. The third kappa shape index (κ3) is 2.81. The van der Waals surface area contributed by atoms with E-state index in [0.29, 0.717) is 12.6 Å². The molecule has 0 radical (unpaired) electrons. The van der Waals surface area contributed by atoms with Gasteiger partial charge in [-0.05, 0) is 55.7 Å². The smallest absolute Gasteiger partial charge is 0.0478 e. The van der Waals surface area contributed by atoms with Crippen LogP contribution in [0.3, 0.4) is 0 Å². The minimum Gasteiger partial charge on any atom is -0.329 e. The van der Waals surface area contributed by atoms with Gasteiger partial charge in [-0.2, -0.15) is 0 Å². The van der Waals surface area contributed by atoms with Crippen molar-refractivity contribution in [3.05, 3.63) is 34.3 Å². The van der Waals surface area contributed by atoms with Gasteiger partial charge in [-0.25, -0.2) is 0 Å². The van der Waals surface area contributed by atoms with Crippen LogP contribution in [0.5, 0.6) is 0 Å². The molecule has 2 aliphatic carbocycles. The molecule has 2 aliphatic rings. The SMILES string of the molecule is CN(CC1CC2CCC1C2)C(CN)c1ccccc1Br. The van der Waals surface area contributed by atoms with Crippen LogP contribution in [0.4, 0.5) is 0 Å². The summed E-state index contributed by atoms with van der Waals surface area (Å²) in [6.45, 7) is 1.88. The summed E-state index contributed by atoms with van der Waals surface area (Å²) >= 11 is 3.67. The van der Waals surface area contributed by atoms with Gasteiger partial charge in [-0.3, -0.25) is 4.90 Å². The average Bonchev–Trinajstić information content (AvgIpc) is 3.04. The van der Waals surface area contributed by atoms with Crippen LogP contribution in [0.1, 0.15) is 37.3 Å². The van der Waals surface area contributed by atoms with Crippen LogP contribution in [0, 0.1) is 17.8 Å². The van der Waals surface area contributed by atoms with Crippen molar-refractivity contribution >= 4 is 15.9 Å². The van der Waals surface area contributed by atoms with Gasteiger partial charge in [0.15, 0.2) is 0 Å². The molecule has 2 bridgehead atoms. The quantitative estimate of drug-likeness (QED) is 0.885. The Morgan fingerprint density at radius 2 is 2.10 bits per heavy atom. The maximum absolute atomic E-state index is 6.06. The fourth-order valence-electron chi connectivity index (χ4n) is 4.39. The lowest BCUT2D eigenvalue weighted by Gasteiger charge is -2.33. The van der Waals surface area contributed by atoms with E-state index >= 15 is 0 Å². The van der Waals surface area contributed by atoms with Gasteiger partial charge in [0.25, 0.3) is 0 Å². The van der Waals surface area contributed by atoms with Crippen molar-refractivity contribution in [1.29, 1.82) is 0 Å². The highest BCUT2D eigenvalue weighted by Crippen LogP contribution is 2.48. The van der Waals surface area contributed by atoms with Crippen molar-refractivity contribution in [1.82, 2.24) is 4.90 Å². The number of hydrogen-bond acceptors (Lipinski definition) is 2. The summed E-state index contributed by atoms with van der Waals surface area (Å²) in [5.41, 5.74) is 7.38. The highest BCUT2D eigenvalue weighted by atomic mass is 79.9. The third-order valence-electron chi connectivity index (χ3n) is 5.43. The molecule has 0 aromatic heterocycles. The maximum atomic E-state index is 6.06. The molecule has 1 aromatic rings. The first-order valence-corrected chi connectivity index (χ1v) is 8.63. The predicted molar refractivity (Wildman–Crippen MR) is 87.5 cm³/mol. The number of benzene rings is 1. The van der Waals surface area contributed by atoms with Crippen molar-refractivity contribution in [3.8, 4) is 0 Å². The summed E-state index contributed by atoms with van der Waals surface area (Å²) in [5.74, 6) is 2.91. The number of halogens is 1. The van der Waals surface area contributed by atoms with Gasteiger partial charge in [0.05, 0.1) is 0 Å². The lowest BCUT2D eigenvalue weighted by molar-refractivity contribution is 0.175. The highest BCUT2D eigenvalue weighted by Gasteiger charge is 2.40. The summed E-state index contributed by atoms with van der Waals surface area (Å²) in [6, 6.07) is 8.80. The lowest BCUT2D eigenvalue weighted by Crippen LogP contribution is -2.35. The molecular weight excluding hydrogens is 312 g/mol. The summed E-state index contributed by atoms with van der Waals surface area (Å²) in [7, 11) is 2.24. The summed E-state index contributed by atoms with van der Waals surface area (Å²) in [4.78, 5) is 2.48. The zero-order valence-electron chi connectivity index (χ0n) is 12.3. The Kier molecular flexibility index (Phi) is 4.49. The fraction of sp³-hybridized carbons (Fsp3) is 0.647. The maximum Gasteiger partial charge on any atom is 0.0478 e. The van der Waals surface area contributed by atoms with E-state index in [0.717, 1.165) is 17.8 Å².